The lowest BCUT2D eigenvalue weighted by Crippen LogP contribution is -2.19. The van der Waals surface area contributed by atoms with Crippen molar-refractivity contribution < 1.29 is 4.74 Å². The fraction of sp³-hybridized carbons (Fsp3) is 0.286. The van der Waals surface area contributed by atoms with E-state index in [0.29, 0.717) is 33.3 Å². The Morgan fingerprint density at radius 1 is 1.05 bits per heavy atom. The minimum atomic E-state index is -0.239. The number of nitrogen functional groups attached to an aromatic ring is 1. The van der Waals surface area contributed by atoms with Crippen molar-refractivity contribution in [3.8, 4) is 11.6 Å². The molecule has 0 radical (unpaired) electrons. The number of nitrogens with zero attached hydrogens (tertiary/aromatic N) is 2. The second kappa shape index (κ2) is 6.05. The summed E-state index contributed by atoms with van der Waals surface area (Å²) in [4.78, 5) is 8.71. The predicted octanol–water partition coefficient (Wildman–Crippen LogP) is 4.16. The summed E-state index contributed by atoms with van der Waals surface area (Å²) < 4.78 is 5.70. The zero-order valence-corrected chi connectivity index (χ0v) is 13.5. The molecule has 0 unspecified atom stereocenters. The molecule has 1 heterocycles. The van der Waals surface area contributed by atoms with E-state index >= 15 is 0 Å². The number of anilines is 1. The standard InChI is InChI=1S/C14H16Cl2N4O/c1-14(2,3)13-18-11(20-17)7-12(19-13)21-10-5-8(15)4-9(16)6-10/h4-7H,17H2,1-3H3,(H,18,19,20). The van der Waals surface area contributed by atoms with Crippen LogP contribution in [0.5, 0.6) is 11.6 Å². The molecule has 0 aliphatic carbocycles. The molecule has 7 heteroatoms. The van der Waals surface area contributed by atoms with Gasteiger partial charge in [-0.3, -0.25) is 0 Å². The minimum Gasteiger partial charge on any atom is -0.439 e. The Balaban J connectivity index is 2.39. The second-order valence-electron chi connectivity index (χ2n) is 5.52. The van der Waals surface area contributed by atoms with Crippen molar-refractivity contribution >= 4 is 29.0 Å². The van der Waals surface area contributed by atoms with Crippen LogP contribution in [0, 0.1) is 0 Å². The SMILES string of the molecule is CC(C)(C)c1nc(NN)cc(Oc2cc(Cl)cc(Cl)c2)n1. The molecule has 0 aliphatic heterocycles. The summed E-state index contributed by atoms with van der Waals surface area (Å²) in [7, 11) is 0. The normalized spacial score (nSPS) is 11.3. The van der Waals surface area contributed by atoms with Crippen molar-refractivity contribution in [3.05, 3.63) is 40.1 Å². The summed E-state index contributed by atoms with van der Waals surface area (Å²) in [6.45, 7) is 6.01. The molecule has 21 heavy (non-hydrogen) atoms. The Hall–Kier alpha value is -1.56. The third-order valence-electron chi connectivity index (χ3n) is 2.58. The molecule has 2 aromatic rings. The molecule has 0 aliphatic rings. The summed E-state index contributed by atoms with van der Waals surface area (Å²) in [6.07, 6.45) is 0. The monoisotopic (exact) mass is 326 g/mol. The maximum atomic E-state index is 5.95. The van der Waals surface area contributed by atoms with Gasteiger partial charge < -0.3 is 10.2 Å². The lowest BCUT2D eigenvalue weighted by molar-refractivity contribution is 0.446. The van der Waals surface area contributed by atoms with Gasteiger partial charge in [-0.25, -0.2) is 10.8 Å². The van der Waals surface area contributed by atoms with Crippen LogP contribution in [-0.2, 0) is 5.41 Å². The van der Waals surface area contributed by atoms with Crippen LogP contribution >= 0.6 is 23.2 Å². The molecule has 0 amide bonds. The number of nitrogens with one attached hydrogen (secondary N) is 1. The van der Waals surface area contributed by atoms with Gasteiger partial charge in [0.15, 0.2) is 0 Å². The molecule has 0 atom stereocenters. The van der Waals surface area contributed by atoms with Crippen molar-refractivity contribution in [1.82, 2.24) is 9.97 Å². The number of aromatic nitrogens is 2. The van der Waals surface area contributed by atoms with E-state index < -0.39 is 0 Å². The van der Waals surface area contributed by atoms with Crippen LogP contribution in [0.4, 0.5) is 5.82 Å². The zero-order valence-electron chi connectivity index (χ0n) is 11.9. The van der Waals surface area contributed by atoms with Crippen LogP contribution in [0.25, 0.3) is 0 Å². The van der Waals surface area contributed by atoms with Crippen molar-refractivity contribution in [2.45, 2.75) is 26.2 Å². The molecule has 3 N–H and O–H groups in total. The number of ether oxygens (including phenoxy) is 1. The molecule has 0 bridgehead atoms. The minimum absolute atomic E-state index is 0.239. The van der Waals surface area contributed by atoms with E-state index in [0.717, 1.165) is 0 Å². The second-order valence-corrected chi connectivity index (χ2v) is 6.39. The maximum absolute atomic E-state index is 5.95. The van der Waals surface area contributed by atoms with Gasteiger partial charge >= 0.3 is 0 Å². The third kappa shape index (κ3) is 4.20. The average molecular weight is 327 g/mol. The van der Waals surface area contributed by atoms with Gasteiger partial charge in [0.05, 0.1) is 0 Å². The molecular formula is C14H16Cl2N4O. The molecule has 0 spiro atoms. The number of benzene rings is 1. The number of hydrogen-bond acceptors (Lipinski definition) is 5. The first kappa shape index (κ1) is 15.8. The van der Waals surface area contributed by atoms with E-state index in [1.807, 2.05) is 20.8 Å². The maximum Gasteiger partial charge on any atom is 0.224 e. The number of nitrogens with two attached hydrogens (primary N) is 1. The lowest BCUT2D eigenvalue weighted by atomic mass is 9.96. The molecule has 112 valence electrons. The first-order valence-electron chi connectivity index (χ1n) is 6.28. The molecule has 2 rings (SSSR count). The fourth-order valence-electron chi connectivity index (χ4n) is 1.59. The lowest BCUT2D eigenvalue weighted by Gasteiger charge is -2.18. The van der Waals surface area contributed by atoms with Gasteiger partial charge in [0, 0.05) is 21.5 Å². The zero-order chi connectivity index (χ0) is 15.6. The van der Waals surface area contributed by atoms with Gasteiger partial charge in [-0.1, -0.05) is 44.0 Å². The van der Waals surface area contributed by atoms with Crippen LogP contribution in [0.15, 0.2) is 24.3 Å². The predicted molar refractivity (Wildman–Crippen MR) is 85.1 cm³/mol. The Labute approximate surface area is 133 Å². The Bertz CT molecular complexity index is 636. The van der Waals surface area contributed by atoms with E-state index in [1.54, 1.807) is 24.3 Å². The van der Waals surface area contributed by atoms with E-state index in [-0.39, 0.29) is 5.41 Å². The van der Waals surface area contributed by atoms with Gasteiger partial charge in [0.25, 0.3) is 0 Å². The van der Waals surface area contributed by atoms with Crippen LogP contribution in [-0.4, -0.2) is 9.97 Å². The van der Waals surface area contributed by atoms with Crippen molar-refractivity contribution in [3.63, 3.8) is 0 Å². The number of rotatable bonds is 3. The van der Waals surface area contributed by atoms with Gasteiger partial charge in [0.1, 0.15) is 17.4 Å². The first-order chi connectivity index (χ1) is 9.77. The molecular weight excluding hydrogens is 311 g/mol. The van der Waals surface area contributed by atoms with E-state index in [1.165, 1.54) is 0 Å². The molecule has 1 aromatic carbocycles. The quantitative estimate of drug-likeness (QED) is 0.654. The van der Waals surface area contributed by atoms with Crippen LogP contribution in [0.2, 0.25) is 10.0 Å². The van der Waals surface area contributed by atoms with Gasteiger partial charge in [-0.15, -0.1) is 0 Å². The molecule has 0 fully saturated rings. The highest BCUT2D eigenvalue weighted by atomic mass is 35.5. The smallest absolute Gasteiger partial charge is 0.224 e. The largest absolute Gasteiger partial charge is 0.439 e. The summed E-state index contributed by atoms with van der Waals surface area (Å²) >= 11 is 11.9. The fourth-order valence-corrected chi connectivity index (χ4v) is 2.10. The third-order valence-corrected chi connectivity index (χ3v) is 3.02. The van der Waals surface area contributed by atoms with Crippen LogP contribution in [0.3, 0.4) is 0 Å². The summed E-state index contributed by atoms with van der Waals surface area (Å²) in [5, 5.41) is 0.972. The Morgan fingerprint density at radius 3 is 2.19 bits per heavy atom. The highest BCUT2D eigenvalue weighted by Gasteiger charge is 2.19. The molecule has 0 saturated heterocycles. The van der Waals surface area contributed by atoms with E-state index in [9.17, 15) is 0 Å². The van der Waals surface area contributed by atoms with Gasteiger partial charge in [-0.2, -0.15) is 4.98 Å². The Kier molecular flexibility index (Phi) is 4.56. The van der Waals surface area contributed by atoms with Crippen LogP contribution < -0.4 is 16.0 Å². The summed E-state index contributed by atoms with van der Waals surface area (Å²) in [5.41, 5.74) is 2.27. The van der Waals surface area contributed by atoms with Crippen molar-refractivity contribution in [2.24, 2.45) is 5.84 Å². The van der Waals surface area contributed by atoms with E-state index in [2.05, 4.69) is 15.4 Å². The van der Waals surface area contributed by atoms with Crippen LogP contribution in [0.1, 0.15) is 26.6 Å². The highest BCUT2D eigenvalue weighted by Crippen LogP contribution is 2.29. The summed E-state index contributed by atoms with van der Waals surface area (Å²) in [6, 6.07) is 6.54. The summed E-state index contributed by atoms with van der Waals surface area (Å²) in [5.74, 6) is 7.37. The van der Waals surface area contributed by atoms with E-state index in [4.69, 9.17) is 33.8 Å². The number of halogens is 2. The van der Waals surface area contributed by atoms with Gasteiger partial charge in [0.2, 0.25) is 5.88 Å². The van der Waals surface area contributed by atoms with Crippen molar-refractivity contribution in [2.75, 3.05) is 5.43 Å². The molecule has 5 nitrogen and oxygen atoms in total. The topological polar surface area (TPSA) is 73.1 Å². The van der Waals surface area contributed by atoms with Crippen molar-refractivity contribution in [1.29, 1.82) is 0 Å². The molecule has 0 saturated carbocycles. The number of hydrogen-bond donors (Lipinski definition) is 2. The highest BCUT2D eigenvalue weighted by molar-refractivity contribution is 6.34. The molecule has 1 aromatic heterocycles. The first-order valence-corrected chi connectivity index (χ1v) is 7.03. The Morgan fingerprint density at radius 2 is 1.67 bits per heavy atom. The number of hydrazine groups is 1. The average Bonchev–Trinajstić information content (AvgIpc) is 2.36. The van der Waals surface area contributed by atoms with Gasteiger partial charge in [-0.05, 0) is 18.2 Å².